The Hall–Kier alpha value is -2.54. The standard InChI is InChI=1S/C17H14BrFN4O/c1-10-15(11-3-5-13(18)6-4-11)16(23(2)22-10)21-17(24)12-7-8-20-14(19)9-12/h3-9H,1-2H3,(H,21,24). The molecular weight excluding hydrogens is 375 g/mol. The Morgan fingerprint density at radius 2 is 1.96 bits per heavy atom. The predicted molar refractivity (Wildman–Crippen MR) is 93.2 cm³/mol. The maximum absolute atomic E-state index is 13.2. The summed E-state index contributed by atoms with van der Waals surface area (Å²) in [4.78, 5) is 15.9. The molecule has 1 amide bonds. The number of carbonyl (C=O) groups is 1. The van der Waals surface area contributed by atoms with Gasteiger partial charge in [0.25, 0.3) is 5.91 Å². The van der Waals surface area contributed by atoms with E-state index in [1.165, 1.54) is 12.3 Å². The molecule has 24 heavy (non-hydrogen) atoms. The summed E-state index contributed by atoms with van der Waals surface area (Å²) in [6.45, 7) is 1.87. The van der Waals surface area contributed by atoms with Gasteiger partial charge in [-0.25, -0.2) is 4.98 Å². The Morgan fingerprint density at radius 3 is 2.62 bits per heavy atom. The molecule has 1 N–H and O–H groups in total. The van der Waals surface area contributed by atoms with Gasteiger partial charge in [0.15, 0.2) is 0 Å². The van der Waals surface area contributed by atoms with Gasteiger partial charge in [-0.1, -0.05) is 28.1 Å². The van der Waals surface area contributed by atoms with Gasteiger partial charge in [0.05, 0.1) is 5.69 Å². The van der Waals surface area contributed by atoms with Crippen LogP contribution in [0.2, 0.25) is 0 Å². The maximum atomic E-state index is 13.2. The third-order valence-corrected chi connectivity index (χ3v) is 4.10. The first-order valence-corrected chi connectivity index (χ1v) is 7.97. The summed E-state index contributed by atoms with van der Waals surface area (Å²) < 4.78 is 15.8. The minimum Gasteiger partial charge on any atom is -0.306 e. The lowest BCUT2D eigenvalue weighted by Gasteiger charge is -2.09. The zero-order valence-electron chi connectivity index (χ0n) is 13.0. The van der Waals surface area contributed by atoms with Crippen LogP contribution in [0.15, 0.2) is 47.1 Å². The van der Waals surface area contributed by atoms with Crippen molar-refractivity contribution in [3.63, 3.8) is 0 Å². The third-order valence-electron chi connectivity index (χ3n) is 3.58. The van der Waals surface area contributed by atoms with Crippen molar-refractivity contribution in [2.45, 2.75) is 6.92 Å². The van der Waals surface area contributed by atoms with E-state index in [0.29, 0.717) is 5.82 Å². The second-order valence-corrected chi connectivity index (χ2v) is 6.18. The quantitative estimate of drug-likeness (QED) is 0.691. The number of halogens is 2. The van der Waals surface area contributed by atoms with Crippen molar-refractivity contribution in [2.75, 3.05) is 5.32 Å². The van der Waals surface area contributed by atoms with Crippen LogP contribution < -0.4 is 5.32 Å². The number of carbonyl (C=O) groups excluding carboxylic acids is 1. The molecule has 0 atom stereocenters. The van der Waals surface area contributed by atoms with Crippen LogP contribution in [0.4, 0.5) is 10.2 Å². The molecular formula is C17H14BrFN4O. The van der Waals surface area contributed by atoms with Crippen LogP contribution in [0.3, 0.4) is 0 Å². The average Bonchev–Trinajstić information content (AvgIpc) is 2.82. The SMILES string of the molecule is Cc1nn(C)c(NC(=O)c2ccnc(F)c2)c1-c1ccc(Br)cc1. The lowest BCUT2D eigenvalue weighted by molar-refractivity contribution is 0.102. The highest BCUT2D eigenvalue weighted by Crippen LogP contribution is 2.32. The number of nitrogens with one attached hydrogen (secondary N) is 1. The van der Waals surface area contributed by atoms with Crippen molar-refractivity contribution < 1.29 is 9.18 Å². The highest BCUT2D eigenvalue weighted by Gasteiger charge is 2.18. The van der Waals surface area contributed by atoms with Crippen molar-refractivity contribution in [1.29, 1.82) is 0 Å². The van der Waals surface area contributed by atoms with Crippen molar-refractivity contribution >= 4 is 27.7 Å². The smallest absolute Gasteiger partial charge is 0.257 e. The Balaban J connectivity index is 1.99. The molecule has 0 fully saturated rings. The third kappa shape index (κ3) is 3.21. The van der Waals surface area contributed by atoms with Crippen molar-refractivity contribution in [3.05, 3.63) is 64.3 Å². The van der Waals surface area contributed by atoms with Crippen LogP contribution in [0.25, 0.3) is 11.1 Å². The lowest BCUT2D eigenvalue weighted by atomic mass is 10.1. The molecule has 2 aromatic heterocycles. The topological polar surface area (TPSA) is 59.8 Å². The fourth-order valence-corrected chi connectivity index (χ4v) is 2.75. The van der Waals surface area contributed by atoms with Gasteiger partial charge in [-0.15, -0.1) is 0 Å². The number of rotatable bonds is 3. The van der Waals surface area contributed by atoms with Gasteiger partial charge < -0.3 is 5.32 Å². The van der Waals surface area contributed by atoms with Crippen LogP contribution in [0.1, 0.15) is 16.1 Å². The fraction of sp³-hybridized carbons (Fsp3) is 0.118. The summed E-state index contributed by atoms with van der Waals surface area (Å²) in [7, 11) is 1.75. The lowest BCUT2D eigenvalue weighted by Crippen LogP contribution is -2.15. The molecule has 0 radical (unpaired) electrons. The van der Waals surface area contributed by atoms with Crippen LogP contribution in [0.5, 0.6) is 0 Å². The largest absolute Gasteiger partial charge is 0.306 e. The fourth-order valence-electron chi connectivity index (χ4n) is 2.49. The molecule has 122 valence electrons. The predicted octanol–water partition coefficient (Wildman–Crippen LogP) is 3.94. The average molecular weight is 389 g/mol. The number of anilines is 1. The summed E-state index contributed by atoms with van der Waals surface area (Å²) in [6, 6.07) is 10.3. The number of aromatic nitrogens is 3. The highest BCUT2D eigenvalue weighted by atomic mass is 79.9. The zero-order chi connectivity index (χ0) is 17.3. The molecule has 0 spiro atoms. The number of hydrogen-bond acceptors (Lipinski definition) is 3. The molecule has 0 bridgehead atoms. The second kappa shape index (κ2) is 6.52. The van der Waals surface area contributed by atoms with Gasteiger partial charge in [0.1, 0.15) is 5.82 Å². The highest BCUT2D eigenvalue weighted by molar-refractivity contribution is 9.10. The molecule has 7 heteroatoms. The first-order chi connectivity index (χ1) is 11.5. The van der Waals surface area contributed by atoms with E-state index in [4.69, 9.17) is 0 Å². The van der Waals surface area contributed by atoms with E-state index in [1.807, 2.05) is 31.2 Å². The molecule has 0 aliphatic carbocycles. The Labute approximate surface area is 146 Å². The summed E-state index contributed by atoms with van der Waals surface area (Å²) in [5, 5.41) is 7.19. The number of amides is 1. The van der Waals surface area contributed by atoms with Gasteiger partial charge in [-0.2, -0.15) is 9.49 Å². The molecule has 0 saturated heterocycles. The van der Waals surface area contributed by atoms with E-state index in [1.54, 1.807) is 11.7 Å². The first kappa shape index (κ1) is 16.3. The van der Waals surface area contributed by atoms with Crippen molar-refractivity contribution in [2.24, 2.45) is 7.05 Å². The van der Waals surface area contributed by atoms with Gasteiger partial charge >= 0.3 is 0 Å². The minimum absolute atomic E-state index is 0.197. The van der Waals surface area contributed by atoms with Crippen LogP contribution in [-0.2, 0) is 7.05 Å². The van der Waals surface area contributed by atoms with Gasteiger partial charge in [0, 0.05) is 34.9 Å². The molecule has 1 aromatic carbocycles. The normalized spacial score (nSPS) is 10.7. The number of pyridine rings is 1. The zero-order valence-corrected chi connectivity index (χ0v) is 14.6. The van der Waals surface area contributed by atoms with Gasteiger partial charge in [-0.3, -0.25) is 9.48 Å². The van der Waals surface area contributed by atoms with E-state index in [9.17, 15) is 9.18 Å². The van der Waals surface area contributed by atoms with Crippen molar-refractivity contribution in [3.8, 4) is 11.1 Å². The number of nitrogens with zero attached hydrogens (tertiary/aromatic N) is 3. The van der Waals surface area contributed by atoms with E-state index < -0.39 is 11.9 Å². The van der Waals surface area contributed by atoms with Crippen LogP contribution >= 0.6 is 15.9 Å². The number of benzene rings is 1. The monoisotopic (exact) mass is 388 g/mol. The van der Waals surface area contributed by atoms with Crippen molar-refractivity contribution in [1.82, 2.24) is 14.8 Å². The Bertz CT molecular complexity index is 905. The molecule has 0 unspecified atom stereocenters. The maximum Gasteiger partial charge on any atom is 0.257 e. The first-order valence-electron chi connectivity index (χ1n) is 7.18. The summed E-state index contributed by atoms with van der Waals surface area (Å²) in [6.07, 6.45) is 1.26. The molecule has 5 nitrogen and oxygen atoms in total. The van der Waals surface area contributed by atoms with E-state index in [-0.39, 0.29) is 5.56 Å². The summed E-state index contributed by atoms with van der Waals surface area (Å²) in [5.41, 5.74) is 2.74. The second-order valence-electron chi connectivity index (χ2n) is 5.26. The molecule has 2 heterocycles. The summed E-state index contributed by atoms with van der Waals surface area (Å²) in [5.74, 6) is -0.563. The summed E-state index contributed by atoms with van der Waals surface area (Å²) >= 11 is 3.41. The Morgan fingerprint density at radius 1 is 1.25 bits per heavy atom. The number of aryl methyl sites for hydroxylation is 2. The minimum atomic E-state index is -0.697. The molecule has 0 saturated carbocycles. The number of hydrogen-bond donors (Lipinski definition) is 1. The molecule has 0 aliphatic heterocycles. The van der Waals surface area contributed by atoms with E-state index in [2.05, 4.69) is 31.3 Å². The molecule has 3 aromatic rings. The molecule has 3 rings (SSSR count). The van der Waals surface area contributed by atoms with Gasteiger partial charge in [-0.05, 0) is 30.7 Å². The van der Waals surface area contributed by atoms with E-state index >= 15 is 0 Å². The van der Waals surface area contributed by atoms with Gasteiger partial charge in [0.2, 0.25) is 5.95 Å². The van der Waals surface area contributed by atoms with Crippen LogP contribution in [-0.4, -0.2) is 20.7 Å². The molecule has 0 aliphatic rings. The van der Waals surface area contributed by atoms with E-state index in [0.717, 1.165) is 27.4 Å². The van der Waals surface area contributed by atoms with Crippen LogP contribution in [0, 0.1) is 12.9 Å². The Kier molecular flexibility index (Phi) is 4.44.